The van der Waals surface area contributed by atoms with E-state index in [0.717, 1.165) is 0 Å². The summed E-state index contributed by atoms with van der Waals surface area (Å²) in [4.78, 5) is 37.2. The molecule has 11 heteroatoms. The number of allylic oxidation sites excluding steroid dienone is 2. The highest BCUT2D eigenvalue weighted by Crippen LogP contribution is 2.59. The molecule has 29 heavy (non-hydrogen) atoms. The third kappa shape index (κ3) is 4.40. The molecular formula is C18H18IO9S-. The maximum absolute atomic E-state index is 12.5. The van der Waals surface area contributed by atoms with Crippen molar-refractivity contribution in [3.05, 3.63) is 34.5 Å². The van der Waals surface area contributed by atoms with E-state index >= 15 is 0 Å². The second kappa shape index (κ2) is 8.56. The van der Waals surface area contributed by atoms with Crippen molar-refractivity contribution in [1.82, 2.24) is 0 Å². The monoisotopic (exact) mass is 537 g/mol. The Bertz CT molecular complexity index is 891. The Morgan fingerprint density at radius 2 is 2.07 bits per heavy atom. The molecule has 0 spiro atoms. The largest absolute Gasteiger partial charge is 0.748 e. The first-order valence-electron chi connectivity index (χ1n) is 8.79. The van der Waals surface area contributed by atoms with Crippen LogP contribution in [0.15, 0.2) is 34.5 Å². The zero-order chi connectivity index (χ0) is 21.3. The van der Waals surface area contributed by atoms with Gasteiger partial charge >= 0.3 is 17.9 Å². The Morgan fingerprint density at radius 3 is 2.69 bits per heavy atom. The van der Waals surface area contributed by atoms with Gasteiger partial charge in [0.15, 0.2) is 0 Å². The van der Waals surface area contributed by atoms with E-state index in [1.54, 1.807) is 10.2 Å². The maximum atomic E-state index is 12.5. The van der Waals surface area contributed by atoms with Crippen molar-refractivity contribution in [2.24, 2.45) is 23.7 Å². The molecule has 3 rings (SSSR count). The Morgan fingerprint density at radius 1 is 1.34 bits per heavy atom. The standard InChI is InChI=1S/C18H19IO9S/c1-2-9(4-3-5-19)16(20)27-14-10-8-11-13(18(22)28-15(11)14)12(10)17(21)26-6-7-29(23,24)25/h2-5,10-15H,1,6-8H2,(H,23,24,25)/p-1/b5-3+,9-4+. The zero-order valence-electron chi connectivity index (χ0n) is 15.1. The van der Waals surface area contributed by atoms with Crippen LogP contribution in [0.4, 0.5) is 0 Å². The van der Waals surface area contributed by atoms with Gasteiger partial charge in [-0.05, 0) is 16.6 Å². The van der Waals surface area contributed by atoms with E-state index in [1.807, 2.05) is 22.6 Å². The van der Waals surface area contributed by atoms with E-state index in [0.29, 0.717) is 6.42 Å². The van der Waals surface area contributed by atoms with Gasteiger partial charge in [-0.3, -0.25) is 9.59 Å². The molecular weight excluding hydrogens is 519 g/mol. The second-order valence-electron chi connectivity index (χ2n) is 6.96. The Balaban J connectivity index is 1.74. The number of esters is 3. The molecule has 3 fully saturated rings. The number of halogens is 1. The third-order valence-electron chi connectivity index (χ3n) is 5.44. The van der Waals surface area contributed by atoms with Crippen LogP contribution in [-0.4, -0.2) is 55.4 Å². The van der Waals surface area contributed by atoms with E-state index in [4.69, 9.17) is 14.2 Å². The number of hydrogen-bond donors (Lipinski definition) is 0. The molecule has 2 saturated carbocycles. The molecule has 0 aromatic heterocycles. The van der Waals surface area contributed by atoms with Gasteiger partial charge in [-0.2, -0.15) is 0 Å². The molecule has 0 radical (unpaired) electrons. The first kappa shape index (κ1) is 22.0. The lowest BCUT2D eigenvalue weighted by molar-refractivity contribution is -0.162. The fraction of sp³-hybridized carbons (Fsp3) is 0.500. The van der Waals surface area contributed by atoms with E-state index in [1.165, 1.54) is 12.2 Å². The molecule has 0 amide bonds. The highest BCUT2D eigenvalue weighted by Gasteiger charge is 2.70. The number of fused-ring (bicyclic) bond motifs is 1. The minimum absolute atomic E-state index is 0.210. The Hall–Kier alpha value is -1.73. The van der Waals surface area contributed by atoms with Crippen molar-refractivity contribution in [1.29, 1.82) is 0 Å². The number of ether oxygens (including phenoxy) is 3. The van der Waals surface area contributed by atoms with Crippen molar-refractivity contribution in [3.8, 4) is 0 Å². The zero-order valence-corrected chi connectivity index (χ0v) is 18.0. The maximum Gasteiger partial charge on any atom is 0.338 e. The predicted octanol–water partition coefficient (Wildman–Crippen LogP) is 0.855. The topological polar surface area (TPSA) is 136 Å². The molecule has 0 N–H and O–H groups in total. The summed E-state index contributed by atoms with van der Waals surface area (Å²) in [5.41, 5.74) is 0.210. The molecule has 3 aliphatic rings. The molecule has 1 heterocycles. The summed E-state index contributed by atoms with van der Waals surface area (Å²) in [5, 5.41) is 0. The highest BCUT2D eigenvalue weighted by molar-refractivity contribution is 14.1. The van der Waals surface area contributed by atoms with Crippen LogP contribution in [0.3, 0.4) is 0 Å². The summed E-state index contributed by atoms with van der Waals surface area (Å²) < 4.78 is 49.6. The van der Waals surface area contributed by atoms with Gasteiger partial charge in [-0.15, -0.1) is 0 Å². The van der Waals surface area contributed by atoms with Gasteiger partial charge in [0.2, 0.25) is 0 Å². The number of rotatable bonds is 8. The summed E-state index contributed by atoms with van der Waals surface area (Å²) in [5.74, 6) is -5.27. The molecule has 6 unspecified atom stereocenters. The van der Waals surface area contributed by atoms with Crippen LogP contribution >= 0.6 is 22.6 Å². The van der Waals surface area contributed by atoms with Crippen LogP contribution in [0.1, 0.15) is 6.42 Å². The van der Waals surface area contributed by atoms with Crippen molar-refractivity contribution in [3.63, 3.8) is 0 Å². The summed E-state index contributed by atoms with van der Waals surface area (Å²) in [6, 6.07) is 0. The van der Waals surface area contributed by atoms with Gasteiger partial charge in [-0.1, -0.05) is 41.3 Å². The van der Waals surface area contributed by atoms with Crippen molar-refractivity contribution in [2.75, 3.05) is 12.4 Å². The number of hydrogen-bond acceptors (Lipinski definition) is 9. The SMILES string of the molecule is C=C/C(=C\C=C\I)C(=O)OC1C2CC3C1OC(=O)C3C2C(=O)OCCS(=O)(=O)[O-]. The van der Waals surface area contributed by atoms with E-state index in [2.05, 4.69) is 6.58 Å². The number of carbonyl (C=O) groups excluding carboxylic acids is 3. The van der Waals surface area contributed by atoms with Gasteiger partial charge in [-0.25, -0.2) is 13.2 Å². The average molecular weight is 537 g/mol. The van der Waals surface area contributed by atoms with Crippen LogP contribution in [0.2, 0.25) is 0 Å². The minimum Gasteiger partial charge on any atom is -0.748 e. The lowest BCUT2D eigenvalue weighted by Crippen LogP contribution is -2.44. The lowest BCUT2D eigenvalue weighted by Gasteiger charge is -2.30. The molecule has 1 saturated heterocycles. The Kier molecular flexibility index (Phi) is 6.48. The first-order chi connectivity index (χ1) is 13.7. The first-order valence-corrected chi connectivity index (χ1v) is 11.6. The quantitative estimate of drug-likeness (QED) is 0.110. The molecule has 158 valence electrons. The predicted molar refractivity (Wildman–Crippen MR) is 105 cm³/mol. The van der Waals surface area contributed by atoms with Gasteiger partial charge in [0.25, 0.3) is 0 Å². The molecule has 2 aliphatic carbocycles. The average Bonchev–Trinajstić information content (AvgIpc) is 3.24. The van der Waals surface area contributed by atoms with Crippen LogP contribution in [0.5, 0.6) is 0 Å². The van der Waals surface area contributed by atoms with E-state index < -0.39 is 70.3 Å². The van der Waals surface area contributed by atoms with Gasteiger partial charge in [0.05, 0.1) is 33.3 Å². The molecule has 1 aliphatic heterocycles. The summed E-state index contributed by atoms with van der Waals surface area (Å²) >= 11 is 1.99. The van der Waals surface area contributed by atoms with Gasteiger partial charge in [0.1, 0.15) is 18.8 Å². The minimum atomic E-state index is -4.53. The molecule has 6 atom stereocenters. The molecule has 0 aromatic carbocycles. The van der Waals surface area contributed by atoms with Crippen molar-refractivity contribution >= 4 is 50.6 Å². The van der Waals surface area contributed by atoms with Crippen LogP contribution in [-0.2, 0) is 38.7 Å². The molecule has 0 aromatic rings. The van der Waals surface area contributed by atoms with Crippen LogP contribution in [0.25, 0.3) is 0 Å². The van der Waals surface area contributed by atoms with Crippen LogP contribution < -0.4 is 0 Å². The molecule has 2 bridgehead atoms. The van der Waals surface area contributed by atoms with E-state index in [-0.39, 0.29) is 11.5 Å². The second-order valence-corrected chi connectivity index (χ2v) is 9.20. The summed E-state index contributed by atoms with van der Waals surface area (Å²) in [6.07, 6.45) is 3.49. The van der Waals surface area contributed by atoms with Crippen molar-refractivity contribution in [2.45, 2.75) is 18.6 Å². The summed E-state index contributed by atoms with van der Waals surface area (Å²) in [7, 11) is -4.53. The fourth-order valence-electron chi connectivity index (χ4n) is 4.36. The molecule has 9 nitrogen and oxygen atoms in total. The Labute approximate surface area is 181 Å². The van der Waals surface area contributed by atoms with Gasteiger partial charge < -0.3 is 18.8 Å². The fourth-order valence-corrected chi connectivity index (χ4v) is 4.86. The van der Waals surface area contributed by atoms with Gasteiger partial charge in [0, 0.05) is 11.8 Å². The normalized spacial score (nSPS) is 33.0. The van der Waals surface area contributed by atoms with Crippen LogP contribution in [0, 0.1) is 23.7 Å². The summed E-state index contributed by atoms with van der Waals surface area (Å²) in [6.45, 7) is 2.98. The third-order valence-corrected chi connectivity index (χ3v) is 6.52. The lowest BCUT2D eigenvalue weighted by atomic mass is 9.78. The van der Waals surface area contributed by atoms with E-state index in [9.17, 15) is 27.4 Å². The highest BCUT2D eigenvalue weighted by atomic mass is 127. The number of carbonyl (C=O) groups is 3. The smallest absolute Gasteiger partial charge is 0.338 e. The van der Waals surface area contributed by atoms with Crippen molar-refractivity contribution < 1.29 is 41.6 Å².